The van der Waals surface area contributed by atoms with E-state index in [4.69, 9.17) is 4.74 Å². The lowest BCUT2D eigenvalue weighted by Crippen LogP contribution is -2.39. The molecule has 0 aromatic carbocycles. The third-order valence-corrected chi connectivity index (χ3v) is 4.62. The molecule has 2 aliphatic carbocycles. The molecule has 0 spiro atoms. The van der Waals surface area contributed by atoms with Crippen molar-refractivity contribution in [2.24, 2.45) is 17.8 Å². The summed E-state index contributed by atoms with van der Waals surface area (Å²) in [6, 6.07) is 1.71. The molecule has 2 fully saturated rings. The van der Waals surface area contributed by atoms with Crippen LogP contribution in [0.3, 0.4) is 0 Å². The van der Waals surface area contributed by atoms with E-state index < -0.39 is 5.97 Å². The van der Waals surface area contributed by atoms with Gasteiger partial charge < -0.3 is 15.2 Å². The van der Waals surface area contributed by atoms with Crippen molar-refractivity contribution in [3.63, 3.8) is 0 Å². The first kappa shape index (κ1) is 14.1. The Kier molecular flexibility index (Phi) is 3.69. The summed E-state index contributed by atoms with van der Waals surface area (Å²) in [5.41, 5.74) is 0. The first-order valence-corrected chi connectivity index (χ1v) is 7.56. The molecule has 0 amide bonds. The number of carbonyl (C=O) groups is 1. The van der Waals surface area contributed by atoms with Gasteiger partial charge in [-0.15, -0.1) is 0 Å². The van der Waals surface area contributed by atoms with Gasteiger partial charge in [0.05, 0.1) is 12.5 Å². The zero-order valence-corrected chi connectivity index (χ0v) is 12.4. The molecule has 0 saturated heterocycles. The van der Waals surface area contributed by atoms with Crippen molar-refractivity contribution in [2.75, 3.05) is 11.9 Å². The van der Waals surface area contributed by atoms with Gasteiger partial charge in [0, 0.05) is 12.1 Å². The summed E-state index contributed by atoms with van der Waals surface area (Å²) in [5.74, 6) is 1.54. The van der Waals surface area contributed by atoms with Crippen LogP contribution in [0.25, 0.3) is 0 Å². The van der Waals surface area contributed by atoms with Crippen LogP contribution in [-0.4, -0.2) is 33.7 Å². The Morgan fingerprint density at radius 3 is 2.90 bits per heavy atom. The maximum absolute atomic E-state index is 11.5. The summed E-state index contributed by atoms with van der Waals surface area (Å²) in [5, 5.41) is 12.8. The van der Waals surface area contributed by atoms with E-state index >= 15 is 0 Å². The minimum absolute atomic E-state index is 0.0370. The highest BCUT2D eigenvalue weighted by atomic mass is 16.5. The quantitative estimate of drug-likeness (QED) is 0.864. The van der Waals surface area contributed by atoms with Crippen LogP contribution in [0.15, 0.2) is 6.07 Å². The fourth-order valence-corrected chi connectivity index (χ4v) is 3.86. The van der Waals surface area contributed by atoms with Crippen LogP contribution in [0.5, 0.6) is 5.88 Å². The van der Waals surface area contributed by atoms with E-state index in [1.807, 2.05) is 13.8 Å². The molecule has 21 heavy (non-hydrogen) atoms. The van der Waals surface area contributed by atoms with Gasteiger partial charge in [0.1, 0.15) is 11.6 Å². The zero-order chi connectivity index (χ0) is 15.0. The largest absolute Gasteiger partial charge is 0.481 e. The minimum Gasteiger partial charge on any atom is -0.481 e. The number of nitrogens with one attached hydrogen (secondary N) is 1. The van der Waals surface area contributed by atoms with Crippen molar-refractivity contribution in [1.29, 1.82) is 0 Å². The van der Waals surface area contributed by atoms with E-state index in [9.17, 15) is 9.90 Å². The molecule has 1 aromatic heterocycles. The SMILES string of the molecule is CCOc1cc(NC2C3CCC(C3)C2C(=O)O)nc(C)n1. The second-order valence-electron chi connectivity index (χ2n) is 5.94. The van der Waals surface area contributed by atoms with Crippen LogP contribution in [0.2, 0.25) is 0 Å². The van der Waals surface area contributed by atoms with Crippen molar-refractivity contribution in [3.8, 4) is 5.88 Å². The third kappa shape index (κ3) is 2.66. The van der Waals surface area contributed by atoms with Crippen LogP contribution in [0.1, 0.15) is 32.0 Å². The molecule has 1 aromatic rings. The number of carboxylic acid groups (broad SMARTS) is 1. The highest BCUT2D eigenvalue weighted by molar-refractivity contribution is 5.73. The number of ether oxygens (including phenoxy) is 1. The molecule has 114 valence electrons. The van der Waals surface area contributed by atoms with E-state index in [0.717, 1.165) is 19.3 Å². The summed E-state index contributed by atoms with van der Waals surface area (Å²) in [7, 11) is 0. The molecule has 1 heterocycles. The van der Waals surface area contributed by atoms with Crippen LogP contribution in [0, 0.1) is 24.7 Å². The Morgan fingerprint density at radius 1 is 1.43 bits per heavy atom. The monoisotopic (exact) mass is 291 g/mol. The molecule has 4 unspecified atom stereocenters. The molecule has 2 N–H and O–H groups in total. The number of aliphatic carboxylic acids is 1. The van der Waals surface area contributed by atoms with Crippen LogP contribution in [0.4, 0.5) is 5.82 Å². The van der Waals surface area contributed by atoms with Crippen molar-refractivity contribution in [1.82, 2.24) is 9.97 Å². The molecular weight excluding hydrogens is 270 g/mol. The number of hydrogen-bond acceptors (Lipinski definition) is 5. The van der Waals surface area contributed by atoms with Crippen molar-refractivity contribution >= 4 is 11.8 Å². The highest BCUT2D eigenvalue weighted by Gasteiger charge is 2.51. The molecule has 2 bridgehead atoms. The van der Waals surface area contributed by atoms with Gasteiger partial charge in [-0.2, -0.15) is 4.98 Å². The Bertz CT molecular complexity index is 549. The number of hydrogen-bond donors (Lipinski definition) is 2. The maximum Gasteiger partial charge on any atom is 0.308 e. The smallest absolute Gasteiger partial charge is 0.308 e. The van der Waals surface area contributed by atoms with Gasteiger partial charge in [-0.05, 0) is 44.9 Å². The van der Waals surface area contributed by atoms with Crippen LogP contribution >= 0.6 is 0 Å². The van der Waals surface area contributed by atoms with E-state index in [-0.39, 0.29) is 12.0 Å². The van der Waals surface area contributed by atoms with E-state index in [0.29, 0.717) is 36.0 Å². The second-order valence-corrected chi connectivity index (χ2v) is 5.94. The summed E-state index contributed by atoms with van der Waals surface area (Å²) < 4.78 is 5.42. The Morgan fingerprint density at radius 2 is 2.19 bits per heavy atom. The minimum atomic E-state index is -0.699. The van der Waals surface area contributed by atoms with Crippen molar-refractivity contribution in [2.45, 2.75) is 39.2 Å². The third-order valence-electron chi connectivity index (χ3n) is 4.62. The number of fused-ring (bicyclic) bond motifs is 2. The fraction of sp³-hybridized carbons (Fsp3) is 0.667. The predicted molar refractivity (Wildman–Crippen MR) is 77.3 cm³/mol. The number of anilines is 1. The predicted octanol–water partition coefficient (Wildman–Crippen LogP) is 2.09. The van der Waals surface area contributed by atoms with Crippen LogP contribution in [-0.2, 0) is 4.79 Å². The molecule has 0 aliphatic heterocycles. The van der Waals surface area contributed by atoms with Crippen molar-refractivity contribution < 1.29 is 14.6 Å². The van der Waals surface area contributed by atoms with Gasteiger partial charge in [-0.1, -0.05) is 0 Å². The zero-order valence-electron chi connectivity index (χ0n) is 12.4. The Balaban J connectivity index is 1.81. The summed E-state index contributed by atoms with van der Waals surface area (Å²) >= 11 is 0. The number of carboxylic acids is 1. The summed E-state index contributed by atoms with van der Waals surface area (Å²) in [6.07, 6.45) is 3.15. The second kappa shape index (κ2) is 5.50. The molecule has 2 saturated carbocycles. The number of aryl methyl sites for hydroxylation is 1. The Hall–Kier alpha value is -1.85. The first-order valence-electron chi connectivity index (χ1n) is 7.56. The lowest BCUT2D eigenvalue weighted by Gasteiger charge is -2.29. The van der Waals surface area contributed by atoms with Gasteiger partial charge in [0.2, 0.25) is 5.88 Å². The van der Waals surface area contributed by atoms with Gasteiger partial charge in [-0.3, -0.25) is 4.79 Å². The standard InChI is InChI=1S/C15H21N3O3/c1-3-21-12-7-11(16-8(2)17-12)18-14-10-5-4-9(6-10)13(14)15(19)20/h7,9-10,13-14H,3-6H2,1-2H3,(H,19,20)(H,16,17,18). The molecule has 6 nitrogen and oxygen atoms in total. The average molecular weight is 291 g/mol. The first-order chi connectivity index (χ1) is 10.1. The van der Waals surface area contributed by atoms with E-state index in [1.54, 1.807) is 6.07 Å². The maximum atomic E-state index is 11.5. The highest BCUT2D eigenvalue weighted by Crippen LogP contribution is 2.49. The summed E-state index contributed by atoms with van der Waals surface area (Å²) in [6.45, 7) is 4.26. The van der Waals surface area contributed by atoms with Gasteiger partial charge >= 0.3 is 5.97 Å². The molecular formula is C15H21N3O3. The molecule has 0 radical (unpaired) electrons. The van der Waals surface area contributed by atoms with E-state index in [1.165, 1.54) is 0 Å². The molecule has 6 heteroatoms. The van der Waals surface area contributed by atoms with Crippen LogP contribution < -0.4 is 10.1 Å². The normalized spacial score (nSPS) is 30.4. The van der Waals surface area contributed by atoms with Gasteiger partial charge in [-0.25, -0.2) is 4.98 Å². The Labute approximate surface area is 123 Å². The fourth-order valence-electron chi connectivity index (χ4n) is 3.86. The number of nitrogens with zero attached hydrogens (tertiary/aromatic N) is 2. The molecule has 4 atom stereocenters. The topological polar surface area (TPSA) is 84.3 Å². The molecule has 3 rings (SSSR count). The lowest BCUT2D eigenvalue weighted by atomic mass is 9.84. The van der Waals surface area contributed by atoms with Gasteiger partial charge in [0.15, 0.2) is 0 Å². The average Bonchev–Trinajstić information content (AvgIpc) is 2.98. The number of aromatic nitrogens is 2. The lowest BCUT2D eigenvalue weighted by molar-refractivity contribution is -0.143. The molecule has 2 aliphatic rings. The van der Waals surface area contributed by atoms with E-state index in [2.05, 4.69) is 15.3 Å². The van der Waals surface area contributed by atoms with Crippen molar-refractivity contribution in [3.05, 3.63) is 11.9 Å². The summed E-state index contributed by atoms with van der Waals surface area (Å²) in [4.78, 5) is 20.1. The van der Waals surface area contributed by atoms with Gasteiger partial charge in [0.25, 0.3) is 0 Å². The number of rotatable bonds is 5.